The molecule has 0 fully saturated rings. The average Bonchev–Trinajstić information content (AvgIpc) is 2.47. The van der Waals surface area contributed by atoms with Gasteiger partial charge < -0.3 is 10.1 Å². The van der Waals surface area contributed by atoms with Crippen LogP contribution in [-0.4, -0.2) is 13.2 Å². The smallest absolute Gasteiger partial charge is 0.127 e. The van der Waals surface area contributed by atoms with E-state index in [4.69, 9.17) is 4.74 Å². The van der Waals surface area contributed by atoms with Crippen LogP contribution in [0.15, 0.2) is 53.0 Å². The molecule has 0 aliphatic carbocycles. The molecule has 0 heterocycles. The van der Waals surface area contributed by atoms with Crippen LogP contribution in [0.2, 0.25) is 0 Å². The summed E-state index contributed by atoms with van der Waals surface area (Å²) in [7, 11) is 0. The monoisotopic (exact) mass is 337 g/mol. The van der Waals surface area contributed by atoms with Gasteiger partial charge in [0.25, 0.3) is 0 Å². The number of rotatable bonds is 7. The van der Waals surface area contributed by atoms with Crippen LogP contribution < -0.4 is 10.1 Å². The fraction of sp³-hybridized carbons (Fsp3) is 0.250. The van der Waals surface area contributed by atoms with Gasteiger partial charge in [0.2, 0.25) is 0 Å². The second-order valence-electron chi connectivity index (χ2n) is 4.43. The number of nitrogens with one attached hydrogen (secondary N) is 1. The molecular weight excluding hydrogens is 321 g/mol. The first-order valence-corrected chi connectivity index (χ1v) is 7.37. The Morgan fingerprint density at radius 2 is 1.90 bits per heavy atom. The molecule has 0 spiro atoms. The summed E-state index contributed by atoms with van der Waals surface area (Å²) < 4.78 is 20.0. The standard InChI is InChI=1S/C16H17BrFNO/c17-14-7-8-16(18)13(11-14)12-19-9-4-10-20-15-5-2-1-3-6-15/h1-3,5-8,11,19H,4,9-10,12H2. The molecule has 4 heteroatoms. The van der Waals surface area contributed by atoms with Crippen molar-refractivity contribution in [2.24, 2.45) is 0 Å². The predicted molar refractivity (Wildman–Crippen MR) is 82.4 cm³/mol. The molecule has 20 heavy (non-hydrogen) atoms. The van der Waals surface area contributed by atoms with E-state index in [9.17, 15) is 4.39 Å². The van der Waals surface area contributed by atoms with Gasteiger partial charge in [-0.25, -0.2) is 4.39 Å². The summed E-state index contributed by atoms with van der Waals surface area (Å²) in [5.41, 5.74) is 0.670. The molecule has 106 valence electrons. The molecule has 0 amide bonds. The highest BCUT2D eigenvalue weighted by atomic mass is 79.9. The van der Waals surface area contributed by atoms with E-state index in [2.05, 4.69) is 21.2 Å². The Morgan fingerprint density at radius 1 is 1.10 bits per heavy atom. The maximum absolute atomic E-state index is 13.5. The first kappa shape index (κ1) is 15.0. The van der Waals surface area contributed by atoms with E-state index in [-0.39, 0.29) is 5.82 Å². The first-order chi connectivity index (χ1) is 9.75. The van der Waals surface area contributed by atoms with Gasteiger partial charge in [0.05, 0.1) is 6.61 Å². The average molecular weight is 338 g/mol. The van der Waals surface area contributed by atoms with Gasteiger partial charge in [-0.15, -0.1) is 0 Å². The number of hydrogen-bond donors (Lipinski definition) is 1. The zero-order chi connectivity index (χ0) is 14.2. The van der Waals surface area contributed by atoms with Crippen LogP contribution in [-0.2, 0) is 6.54 Å². The molecule has 0 aliphatic heterocycles. The van der Waals surface area contributed by atoms with Crippen LogP contribution in [0, 0.1) is 5.82 Å². The van der Waals surface area contributed by atoms with E-state index in [1.54, 1.807) is 12.1 Å². The third kappa shape index (κ3) is 4.94. The molecule has 0 saturated heterocycles. The van der Waals surface area contributed by atoms with Crippen molar-refractivity contribution in [2.45, 2.75) is 13.0 Å². The summed E-state index contributed by atoms with van der Waals surface area (Å²) in [5, 5.41) is 3.22. The molecule has 0 unspecified atom stereocenters. The molecule has 0 aliphatic rings. The second kappa shape index (κ2) is 8.02. The van der Waals surface area contributed by atoms with Crippen LogP contribution in [0.4, 0.5) is 4.39 Å². The number of hydrogen-bond acceptors (Lipinski definition) is 2. The maximum atomic E-state index is 13.5. The van der Waals surface area contributed by atoms with Crippen molar-refractivity contribution < 1.29 is 9.13 Å². The van der Waals surface area contributed by atoms with E-state index >= 15 is 0 Å². The normalized spacial score (nSPS) is 10.5. The number of benzene rings is 2. The van der Waals surface area contributed by atoms with E-state index < -0.39 is 0 Å². The fourth-order valence-corrected chi connectivity index (χ4v) is 2.21. The van der Waals surface area contributed by atoms with Gasteiger partial charge in [0.15, 0.2) is 0 Å². The van der Waals surface area contributed by atoms with E-state index in [1.165, 1.54) is 6.07 Å². The maximum Gasteiger partial charge on any atom is 0.127 e. The van der Waals surface area contributed by atoms with Crippen molar-refractivity contribution in [3.8, 4) is 5.75 Å². The SMILES string of the molecule is Fc1ccc(Br)cc1CNCCCOc1ccccc1. The number of ether oxygens (including phenoxy) is 1. The van der Waals surface area contributed by atoms with Gasteiger partial charge in [-0.05, 0) is 43.3 Å². The number of para-hydroxylation sites is 1. The van der Waals surface area contributed by atoms with Gasteiger partial charge in [-0.2, -0.15) is 0 Å². The third-order valence-corrected chi connectivity index (χ3v) is 3.33. The molecule has 2 nitrogen and oxygen atoms in total. The zero-order valence-electron chi connectivity index (χ0n) is 11.1. The lowest BCUT2D eigenvalue weighted by Crippen LogP contribution is -2.17. The summed E-state index contributed by atoms with van der Waals surface area (Å²) >= 11 is 3.34. The van der Waals surface area contributed by atoms with Crippen LogP contribution >= 0.6 is 15.9 Å². The van der Waals surface area contributed by atoms with Gasteiger partial charge in [-0.1, -0.05) is 34.1 Å². The van der Waals surface area contributed by atoms with Crippen molar-refractivity contribution in [3.63, 3.8) is 0 Å². The minimum atomic E-state index is -0.179. The van der Waals surface area contributed by atoms with E-state index in [0.717, 1.165) is 23.2 Å². The minimum absolute atomic E-state index is 0.179. The Hall–Kier alpha value is -1.39. The Kier molecular flexibility index (Phi) is 6.02. The first-order valence-electron chi connectivity index (χ1n) is 6.58. The molecular formula is C16H17BrFNO. The highest BCUT2D eigenvalue weighted by Gasteiger charge is 2.02. The highest BCUT2D eigenvalue weighted by Crippen LogP contribution is 2.15. The van der Waals surface area contributed by atoms with Crippen molar-refractivity contribution in [2.75, 3.05) is 13.2 Å². The van der Waals surface area contributed by atoms with Gasteiger partial charge in [0, 0.05) is 16.6 Å². The molecule has 0 atom stereocenters. The molecule has 1 N–H and O–H groups in total. The van der Waals surface area contributed by atoms with Crippen LogP contribution in [0.1, 0.15) is 12.0 Å². The highest BCUT2D eigenvalue weighted by molar-refractivity contribution is 9.10. The summed E-state index contributed by atoms with van der Waals surface area (Å²) in [6, 6.07) is 14.7. The summed E-state index contributed by atoms with van der Waals surface area (Å²) in [6.45, 7) is 1.97. The largest absolute Gasteiger partial charge is 0.494 e. The third-order valence-electron chi connectivity index (χ3n) is 2.83. The minimum Gasteiger partial charge on any atom is -0.494 e. The quantitative estimate of drug-likeness (QED) is 0.766. The zero-order valence-corrected chi connectivity index (χ0v) is 12.7. The van der Waals surface area contributed by atoms with Gasteiger partial charge in [0.1, 0.15) is 11.6 Å². The van der Waals surface area contributed by atoms with Gasteiger partial charge in [-0.3, -0.25) is 0 Å². The van der Waals surface area contributed by atoms with Crippen molar-refractivity contribution >= 4 is 15.9 Å². The van der Waals surface area contributed by atoms with Crippen molar-refractivity contribution in [1.29, 1.82) is 0 Å². The second-order valence-corrected chi connectivity index (χ2v) is 5.34. The molecule has 0 bridgehead atoms. The Labute approximate surface area is 127 Å². The Balaban J connectivity index is 1.63. The molecule has 0 radical (unpaired) electrons. The topological polar surface area (TPSA) is 21.3 Å². The van der Waals surface area contributed by atoms with Crippen molar-refractivity contribution in [1.82, 2.24) is 5.32 Å². The summed E-state index contributed by atoms with van der Waals surface area (Å²) in [6.07, 6.45) is 0.879. The Morgan fingerprint density at radius 3 is 2.70 bits per heavy atom. The Bertz CT molecular complexity index is 533. The molecule has 2 rings (SSSR count). The fourth-order valence-electron chi connectivity index (χ4n) is 1.81. The van der Waals surface area contributed by atoms with Crippen LogP contribution in [0.25, 0.3) is 0 Å². The van der Waals surface area contributed by atoms with E-state index in [1.807, 2.05) is 30.3 Å². The van der Waals surface area contributed by atoms with Crippen LogP contribution in [0.5, 0.6) is 5.75 Å². The molecule has 2 aromatic carbocycles. The lowest BCUT2D eigenvalue weighted by atomic mass is 10.2. The van der Waals surface area contributed by atoms with Crippen LogP contribution in [0.3, 0.4) is 0 Å². The predicted octanol–water partition coefficient (Wildman–Crippen LogP) is 4.15. The molecule has 0 saturated carbocycles. The van der Waals surface area contributed by atoms with Gasteiger partial charge >= 0.3 is 0 Å². The lowest BCUT2D eigenvalue weighted by molar-refractivity contribution is 0.308. The van der Waals surface area contributed by atoms with Crippen molar-refractivity contribution in [3.05, 3.63) is 64.4 Å². The van der Waals surface area contributed by atoms with E-state index in [0.29, 0.717) is 18.7 Å². The summed E-state index contributed by atoms with van der Waals surface area (Å²) in [5.74, 6) is 0.701. The molecule has 0 aromatic heterocycles. The summed E-state index contributed by atoms with van der Waals surface area (Å²) in [4.78, 5) is 0. The number of halogens is 2. The lowest BCUT2D eigenvalue weighted by Gasteiger charge is -2.08. The molecule has 2 aromatic rings.